The summed E-state index contributed by atoms with van der Waals surface area (Å²) in [5, 5.41) is 0. The van der Waals surface area contributed by atoms with Gasteiger partial charge in [-0.1, -0.05) is 12.1 Å². The van der Waals surface area contributed by atoms with Crippen LogP contribution in [0.2, 0.25) is 0 Å². The summed E-state index contributed by atoms with van der Waals surface area (Å²) < 4.78 is 5.30. The van der Waals surface area contributed by atoms with Crippen molar-refractivity contribution in [3.05, 3.63) is 35.9 Å². The molecule has 0 bridgehead atoms. The van der Waals surface area contributed by atoms with Crippen molar-refractivity contribution in [3.8, 4) is 0 Å². The van der Waals surface area contributed by atoms with Gasteiger partial charge in [0.2, 0.25) is 0 Å². The zero-order chi connectivity index (χ0) is 9.26. The normalized spacial score (nSPS) is 14.9. The van der Waals surface area contributed by atoms with Gasteiger partial charge in [0.05, 0.1) is 7.11 Å². The number of para-hydroxylation sites is 1. The number of hydrogen-bond acceptors (Lipinski definition) is 2. The summed E-state index contributed by atoms with van der Waals surface area (Å²) in [6, 6.07) is 8.28. The van der Waals surface area contributed by atoms with E-state index in [1.54, 1.807) is 7.11 Å². The van der Waals surface area contributed by atoms with Crippen LogP contribution in [0.3, 0.4) is 0 Å². The molecule has 0 spiro atoms. The first kappa shape index (κ1) is 8.17. The third-order valence-electron chi connectivity index (χ3n) is 2.35. The molecule has 0 saturated heterocycles. The van der Waals surface area contributed by atoms with Crippen LogP contribution in [0.1, 0.15) is 5.56 Å². The minimum absolute atomic E-state index is 0.917. The van der Waals surface area contributed by atoms with Gasteiger partial charge in [0.1, 0.15) is 5.76 Å². The molecule has 1 heterocycles. The fourth-order valence-electron chi connectivity index (χ4n) is 1.64. The van der Waals surface area contributed by atoms with Crippen molar-refractivity contribution >= 4 is 11.4 Å². The highest BCUT2D eigenvalue weighted by atomic mass is 16.5. The number of anilines is 1. The minimum atomic E-state index is 0.917. The quantitative estimate of drug-likeness (QED) is 0.648. The lowest BCUT2D eigenvalue weighted by atomic mass is 10.1. The lowest BCUT2D eigenvalue weighted by Crippen LogP contribution is -2.22. The number of benzene rings is 1. The SMILES string of the molecule is COC1=CCN(C)c2ccccc21. The molecule has 2 heteroatoms. The first-order valence-electron chi connectivity index (χ1n) is 4.37. The molecule has 1 aromatic carbocycles. The van der Waals surface area contributed by atoms with Crippen molar-refractivity contribution < 1.29 is 4.74 Å². The number of fused-ring (bicyclic) bond motifs is 1. The van der Waals surface area contributed by atoms with Gasteiger partial charge in [-0.2, -0.15) is 0 Å². The molecule has 1 aromatic rings. The van der Waals surface area contributed by atoms with Crippen LogP contribution in [-0.2, 0) is 4.74 Å². The van der Waals surface area contributed by atoms with Gasteiger partial charge in [0, 0.05) is 24.8 Å². The molecule has 2 nitrogen and oxygen atoms in total. The molecule has 0 saturated carbocycles. The Bertz CT molecular complexity index is 344. The summed E-state index contributed by atoms with van der Waals surface area (Å²) in [7, 11) is 3.80. The number of likely N-dealkylation sites (N-methyl/N-ethyl adjacent to an activating group) is 1. The van der Waals surface area contributed by atoms with Crippen LogP contribution < -0.4 is 4.90 Å². The zero-order valence-corrected chi connectivity index (χ0v) is 7.95. The lowest BCUT2D eigenvalue weighted by Gasteiger charge is -2.26. The van der Waals surface area contributed by atoms with Crippen LogP contribution >= 0.6 is 0 Å². The van der Waals surface area contributed by atoms with Crippen LogP contribution in [0, 0.1) is 0 Å². The number of rotatable bonds is 1. The average Bonchev–Trinajstić information content (AvgIpc) is 2.19. The molecule has 0 atom stereocenters. The highest BCUT2D eigenvalue weighted by Crippen LogP contribution is 2.30. The van der Waals surface area contributed by atoms with E-state index in [1.807, 2.05) is 12.1 Å². The van der Waals surface area contributed by atoms with E-state index < -0.39 is 0 Å². The van der Waals surface area contributed by atoms with Gasteiger partial charge in [0.15, 0.2) is 0 Å². The van der Waals surface area contributed by atoms with Gasteiger partial charge in [-0.25, -0.2) is 0 Å². The van der Waals surface area contributed by atoms with Gasteiger partial charge in [-0.05, 0) is 18.2 Å². The van der Waals surface area contributed by atoms with Crippen molar-refractivity contribution in [2.45, 2.75) is 0 Å². The van der Waals surface area contributed by atoms with E-state index in [0.29, 0.717) is 0 Å². The van der Waals surface area contributed by atoms with Gasteiger partial charge in [0.25, 0.3) is 0 Å². The molecule has 0 unspecified atom stereocenters. The second-order valence-electron chi connectivity index (χ2n) is 3.17. The van der Waals surface area contributed by atoms with Crippen molar-refractivity contribution in [1.82, 2.24) is 0 Å². The van der Waals surface area contributed by atoms with Crippen molar-refractivity contribution in [2.75, 3.05) is 25.6 Å². The maximum Gasteiger partial charge on any atom is 0.125 e. The Morgan fingerprint density at radius 1 is 1.31 bits per heavy atom. The molecule has 0 N–H and O–H groups in total. The topological polar surface area (TPSA) is 12.5 Å². The van der Waals surface area contributed by atoms with Crippen LogP contribution in [0.25, 0.3) is 5.76 Å². The Morgan fingerprint density at radius 2 is 2.08 bits per heavy atom. The van der Waals surface area contributed by atoms with Crippen molar-refractivity contribution in [3.63, 3.8) is 0 Å². The van der Waals surface area contributed by atoms with Gasteiger partial charge < -0.3 is 9.64 Å². The summed E-state index contributed by atoms with van der Waals surface area (Å²) in [5.74, 6) is 0.980. The number of methoxy groups -OCH3 is 1. The standard InChI is InChI=1S/C11H13NO/c1-12-8-7-11(13-2)9-5-3-4-6-10(9)12/h3-7H,8H2,1-2H3. The molecule has 1 aliphatic heterocycles. The predicted molar refractivity (Wildman–Crippen MR) is 54.7 cm³/mol. The van der Waals surface area contributed by atoms with E-state index in [9.17, 15) is 0 Å². The number of ether oxygens (including phenoxy) is 1. The van der Waals surface area contributed by atoms with E-state index in [0.717, 1.165) is 12.3 Å². The van der Waals surface area contributed by atoms with E-state index in [1.165, 1.54) is 11.3 Å². The summed E-state index contributed by atoms with van der Waals surface area (Å²) in [4.78, 5) is 2.21. The molecule has 2 rings (SSSR count). The number of hydrogen-bond donors (Lipinski definition) is 0. The van der Waals surface area contributed by atoms with E-state index >= 15 is 0 Å². The molecular formula is C11H13NO. The third kappa shape index (κ3) is 1.28. The minimum Gasteiger partial charge on any atom is -0.496 e. The van der Waals surface area contributed by atoms with Crippen LogP contribution in [0.4, 0.5) is 5.69 Å². The highest BCUT2D eigenvalue weighted by Gasteiger charge is 2.14. The molecule has 1 aliphatic rings. The Hall–Kier alpha value is -1.44. The van der Waals surface area contributed by atoms with Gasteiger partial charge in [-0.3, -0.25) is 0 Å². The average molecular weight is 175 g/mol. The molecule has 68 valence electrons. The monoisotopic (exact) mass is 175 g/mol. The van der Waals surface area contributed by atoms with Crippen molar-refractivity contribution in [1.29, 1.82) is 0 Å². The highest BCUT2D eigenvalue weighted by molar-refractivity contribution is 5.76. The summed E-state index contributed by atoms with van der Waals surface area (Å²) in [6.07, 6.45) is 2.10. The summed E-state index contributed by atoms with van der Waals surface area (Å²) >= 11 is 0. The van der Waals surface area contributed by atoms with Gasteiger partial charge in [-0.15, -0.1) is 0 Å². The van der Waals surface area contributed by atoms with Crippen LogP contribution in [-0.4, -0.2) is 20.7 Å². The van der Waals surface area contributed by atoms with Crippen LogP contribution in [0.15, 0.2) is 30.3 Å². The van der Waals surface area contributed by atoms with Crippen molar-refractivity contribution in [2.24, 2.45) is 0 Å². The van der Waals surface area contributed by atoms with E-state index in [2.05, 4.69) is 30.2 Å². The molecular weight excluding hydrogens is 162 g/mol. The van der Waals surface area contributed by atoms with Crippen LogP contribution in [0.5, 0.6) is 0 Å². The Labute approximate surface area is 78.4 Å². The summed E-state index contributed by atoms with van der Waals surface area (Å²) in [6.45, 7) is 0.917. The van der Waals surface area contributed by atoms with Gasteiger partial charge >= 0.3 is 0 Å². The fourth-order valence-corrected chi connectivity index (χ4v) is 1.64. The first-order chi connectivity index (χ1) is 6.33. The van der Waals surface area contributed by atoms with E-state index in [-0.39, 0.29) is 0 Å². The predicted octanol–water partition coefficient (Wildman–Crippen LogP) is 2.12. The smallest absolute Gasteiger partial charge is 0.125 e. The Kier molecular flexibility index (Phi) is 1.97. The third-order valence-corrected chi connectivity index (χ3v) is 2.35. The second kappa shape index (κ2) is 3.13. The lowest BCUT2D eigenvalue weighted by molar-refractivity contribution is 0.368. The molecule has 0 aliphatic carbocycles. The van der Waals surface area contributed by atoms with E-state index in [4.69, 9.17) is 4.74 Å². The molecule has 13 heavy (non-hydrogen) atoms. The summed E-state index contributed by atoms with van der Waals surface area (Å²) in [5.41, 5.74) is 2.42. The number of nitrogens with zero attached hydrogens (tertiary/aromatic N) is 1. The largest absolute Gasteiger partial charge is 0.496 e. The zero-order valence-electron chi connectivity index (χ0n) is 7.95. The Balaban J connectivity index is 2.52. The first-order valence-corrected chi connectivity index (χ1v) is 4.37. The maximum atomic E-state index is 5.30. The second-order valence-corrected chi connectivity index (χ2v) is 3.17. The maximum absolute atomic E-state index is 5.30. The molecule has 0 amide bonds. The fraction of sp³-hybridized carbons (Fsp3) is 0.273. The molecule has 0 radical (unpaired) electrons. The molecule has 0 aromatic heterocycles. The Morgan fingerprint density at radius 3 is 2.85 bits per heavy atom. The molecule has 0 fully saturated rings.